The number of nitrogens with zero attached hydrogens (tertiary/aromatic N) is 3. The molecule has 19 heavy (non-hydrogen) atoms. The van der Waals surface area contributed by atoms with Crippen LogP contribution in [-0.2, 0) is 5.60 Å². The second-order valence-electron chi connectivity index (χ2n) is 4.74. The lowest BCUT2D eigenvalue weighted by molar-refractivity contribution is 0.0412. The first-order chi connectivity index (χ1) is 9.15. The van der Waals surface area contributed by atoms with Gasteiger partial charge in [-0.15, -0.1) is 5.10 Å². The van der Waals surface area contributed by atoms with Gasteiger partial charge >= 0.3 is 0 Å². The van der Waals surface area contributed by atoms with Gasteiger partial charge in [-0.05, 0) is 38.6 Å². The van der Waals surface area contributed by atoms with Crippen LogP contribution in [0.1, 0.15) is 26.0 Å². The molecule has 0 aliphatic heterocycles. The van der Waals surface area contributed by atoms with E-state index < -0.39 is 5.60 Å². The number of aliphatic hydroxyl groups is 1. The molecule has 5 nitrogen and oxygen atoms in total. The summed E-state index contributed by atoms with van der Waals surface area (Å²) in [4.78, 5) is 0. The lowest BCUT2D eigenvalue weighted by atomic mass is 9.98. The van der Waals surface area contributed by atoms with Crippen molar-refractivity contribution in [3.63, 3.8) is 0 Å². The van der Waals surface area contributed by atoms with Crippen LogP contribution in [0.4, 0.5) is 0 Å². The summed E-state index contributed by atoms with van der Waals surface area (Å²) in [7, 11) is 0. The van der Waals surface area contributed by atoms with E-state index in [0.29, 0.717) is 12.1 Å². The molecule has 0 saturated carbocycles. The summed E-state index contributed by atoms with van der Waals surface area (Å²) in [5, 5.41) is 21.8. The first-order valence-electron chi connectivity index (χ1n) is 6.55. The summed E-state index contributed by atoms with van der Waals surface area (Å²) in [5.41, 5.74) is 0.650. The minimum absolute atomic E-state index is 0.612. The molecule has 1 heterocycles. The monoisotopic (exact) mass is 260 g/mol. The van der Waals surface area contributed by atoms with E-state index in [1.807, 2.05) is 37.3 Å². The molecule has 0 aliphatic rings. The zero-order chi connectivity index (χ0) is 13.7. The van der Waals surface area contributed by atoms with Gasteiger partial charge in [0, 0.05) is 0 Å². The van der Waals surface area contributed by atoms with Gasteiger partial charge in [-0.2, -0.15) is 0 Å². The zero-order valence-corrected chi connectivity index (χ0v) is 11.4. The third-order valence-electron chi connectivity index (χ3n) is 3.14. The summed E-state index contributed by atoms with van der Waals surface area (Å²) in [5.74, 6) is 0. The molecule has 1 aromatic heterocycles. The summed E-state index contributed by atoms with van der Waals surface area (Å²) in [6.45, 7) is 5.49. The fourth-order valence-corrected chi connectivity index (χ4v) is 2.00. The summed E-state index contributed by atoms with van der Waals surface area (Å²) >= 11 is 0. The topological polar surface area (TPSA) is 63.0 Å². The van der Waals surface area contributed by atoms with Crippen LogP contribution in [0.2, 0.25) is 0 Å². The third kappa shape index (κ3) is 3.19. The molecule has 1 atom stereocenters. The molecule has 0 aliphatic carbocycles. The minimum atomic E-state index is -0.957. The van der Waals surface area contributed by atoms with Crippen molar-refractivity contribution >= 4 is 0 Å². The molecule has 1 unspecified atom stereocenters. The molecule has 0 amide bonds. The molecule has 2 rings (SSSR count). The summed E-state index contributed by atoms with van der Waals surface area (Å²) in [6.07, 6.45) is 2.24. The van der Waals surface area contributed by atoms with Crippen LogP contribution in [-0.4, -0.2) is 33.2 Å². The molecular weight excluding hydrogens is 240 g/mol. The smallest absolute Gasteiger partial charge is 0.107 e. The highest BCUT2D eigenvalue weighted by atomic mass is 16.3. The molecule has 5 heteroatoms. The largest absolute Gasteiger partial charge is 0.384 e. The van der Waals surface area contributed by atoms with Gasteiger partial charge in [-0.25, -0.2) is 4.68 Å². The molecular formula is C14H20N4O. The number of para-hydroxylation sites is 1. The van der Waals surface area contributed by atoms with Crippen molar-refractivity contribution in [2.45, 2.75) is 25.9 Å². The zero-order valence-electron chi connectivity index (χ0n) is 11.4. The molecule has 0 bridgehead atoms. The van der Waals surface area contributed by atoms with E-state index in [1.165, 1.54) is 0 Å². The maximum absolute atomic E-state index is 10.6. The van der Waals surface area contributed by atoms with Gasteiger partial charge in [0.1, 0.15) is 5.60 Å². The number of aromatic nitrogens is 3. The minimum Gasteiger partial charge on any atom is -0.384 e. The molecule has 0 saturated heterocycles. The average molecular weight is 260 g/mol. The summed E-state index contributed by atoms with van der Waals surface area (Å²) < 4.78 is 1.69. The van der Waals surface area contributed by atoms with Crippen LogP contribution in [0.15, 0.2) is 36.5 Å². The highest BCUT2D eigenvalue weighted by Crippen LogP contribution is 2.25. The first-order valence-corrected chi connectivity index (χ1v) is 6.55. The molecule has 102 valence electrons. The van der Waals surface area contributed by atoms with Crippen molar-refractivity contribution in [1.29, 1.82) is 0 Å². The Kier molecular flexibility index (Phi) is 4.29. The Morgan fingerprint density at radius 3 is 2.74 bits per heavy atom. The second-order valence-corrected chi connectivity index (χ2v) is 4.74. The van der Waals surface area contributed by atoms with E-state index in [1.54, 1.807) is 17.8 Å². The standard InChI is InChI=1S/C14H20N4O/c1-3-15-10-9-14(2,19)13-11-16-17-18(13)12-7-5-4-6-8-12/h4-8,11,15,19H,3,9-10H2,1-2H3. The number of benzene rings is 1. The quantitative estimate of drug-likeness (QED) is 0.772. The Bertz CT molecular complexity index is 507. The van der Waals surface area contributed by atoms with Crippen LogP contribution in [0.25, 0.3) is 5.69 Å². The highest BCUT2D eigenvalue weighted by Gasteiger charge is 2.27. The highest BCUT2D eigenvalue weighted by molar-refractivity contribution is 5.32. The second kappa shape index (κ2) is 5.95. The number of rotatable bonds is 6. The van der Waals surface area contributed by atoms with E-state index in [9.17, 15) is 5.11 Å². The Morgan fingerprint density at radius 2 is 2.05 bits per heavy atom. The Morgan fingerprint density at radius 1 is 1.32 bits per heavy atom. The fourth-order valence-electron chi connectivity index (χ4n) is 2.00. The summed E-state index contributed by atoms with van der Waals surface area (Å²) in [6, 6.07) is 9.71. The van der Waals surface area contributed by atoms with Crippen LogP contribution in [0.5, 0.6) is 0 Å². The van der Waals surface area contributed by atoms with Gasteiger partial charge in [0.05, 0.1) is 17.6 Å². The van der Waals surface area contributed by atoms with Crippen molar-refractivity contribution < 1.29 is 5.11 Å². The SMILES string of the molecule is CCNCCC(C)(O)c1cnnn1-c1ccccc1. The first kappa shape index (κ1) is 13.7. The van der Waals surface area contributed by atoms with E-state index in [-0.39, 0.29) is 0 Å². The number of nitrogens with one attached hydrogen (secondary N) is 1. The third-order valence-corrected chi connectivity index (χ3v) is 3.14. The van der Waals surface area contributed by atoms with Gasteiger partial charge in [-0.1, -0.05) is 30.3 Å². The Labute approximate surface area is 113 Å². The van der Waals surface area contributed by atoms with Crippen LogP contribution in [0, 0.1) is 0 Å². The molecule has 0 fully saturated rings. The molecule has 1 aromatic carbocycles. The van der Waals surface area contributed by atoms with E-state index in [2.05, 4.69) is 15.6 Å². The fraction of sp³-hybridized carbons (Fsp3) is 0.429. The Hall–Kier alpha value is -1.72. The Balaban J connectivity index is 2.24. The average Bonchev–Trinajstić information content (AvgIpc) is 2.90. The van der Waals surface area contributed by atoms with Crippen molar-refractivity contribution in [2.24, 2.45) is 0 Å². The van der Waals surface area contributed by atoms with Gasteiger partial charge < -0.3 is 10.4 Å². The van der Waals surface area contributed by atoms with Crippen LogP contribution < -0.4 is 5.32 Å². The van der Waals surface area contributed by atoms with E-state index in [0.717, 1.165) is 18.8 Å². The maximum atomic E-state index is 10.6. The van der Waals surface area contributed by atoms with Crippen LogP contribution in [0.3, 0.4) is 0 Å². The maximum Gasteiger partial charge on any atom is 0.107 e. The van der Waals surface area contributed by atoms with Crippen LogP contribution >= 0.6 is 0 Å². The lowest BCUT2D eigenvalue weighted by Gasteiger charge is -2.23. The van der Waals surface area contributed by atoms with E-state index >= 15 is 0 Å². The number of hydrogen-bond donors (Lipinski definition) is 2. The van der Waals surface area contributed by atoms with Crippen molar-refractivity contribution in [2.75, 3.05) is 13.1 Å². The predicted octanol–water partition coefficient (Wildman–Crippen LogP) is 1.47. The van der Waals surface area contributed by atoms with E-state index in [4.69, 9.17) is 0 Å². The van der Waals surface area contributed by atoms with Crippen molar-refractivity contribution in [1.82, 2.24) is 20.3 Å². The van der Waals surface area contributed by atoms with Gasteiger partial charge in [0.25, 0.3) is 0 Å². The lowest BCUT2D eigenvalue weighted by Crippen LogP contribution is -2.30. The van der Waals surface area contributed by atoms with Gasteiger partial charge in [0.2, 0.25) is 0 Å². The van der Waals surface area contributed by atoms with Gasteiger partial charge in [0.15, 0.2) is 0 Å². The molecule has 0 spiro atoms. The van der Waals surface area contributed by atoms with Gasteiger partial charge in [-0.3, -0.25) is 0 Å². The molecule has 2 N–H and O–H groups in total. The number of hydrogen-bond acceptors (Lipinski definition) is 4. The van der Waals surface area contributed by atoms with Crippen molar-refractivity contribution in [3.05, 3.63) is 42.2 Å². The van der Waals surface area contributed by atoms with Crippen molar-refractivity contribution in [3.8, 4) is 5.69 Å². The molecule has 0 radical (unpaired) electrons. The molecule has 2 aromatic rings. The normalized spacial score (nSPS) is 14.3. The predicted molar refractivity (Wildman–Crippen MR) is 74.1 cm³/mol.